The van der Waals surface area contributed by atoms with Gasteiger partial charge in [0.1, 0.15) is 5.69 Å². The third kappa shape index (κ3) is 5.68. The molecule has 0 saturated carbocycles. The molecular weight excluding hydrogens is 540 g/mol. The molecule has 1 aromatic heterocycles. The van der Waals surface area contributed by atoms with Crippen molar-refractivity contribution in [2.75, 3.05) is 13.1 Å². The Bertz CT molecular complexity index is 1440. The highest BCUT2D eigenvalue weighted by molar-refractivity contribution is 6.01. The first-order chi connectivity index (χ1) is 18.7. The van der Waals surface area contributed by atoms with Gasteiger partial charge in [-0.15, -0.1) is 0 Å². The number of aromatic nitrogens is 1. The van der Waals surface area contributed by atoms with Gasteiger partial charge in [0, 0.05) is 31.4 Å². The molecule has 2 saturated heterocycles. The van der Waals surface area contributed by atoms with E-state index in [4.69, 9.17) is 0 Å². The molecule has 5 rings (SSSR count). The van der Waals surface area contributed by atoms with E-state index in [9.17, 15) is 41.0 Å². The Hall–Kier alpha value is -3.51. The van der Waals surface area contributed by atoms with Gasteiger partial charge in [-0.3, -0.25) is 19.8 Å². The second-order valence-corrected chi connectivity index (χ2v) is 10.3. The molecule has 12 heteroatoms. The number of nitrogens with one attached hydrogen (secondary N) is 1. The van der Waals surface area contributed by atoms with Crippen LogP contribution >= 0.6 is 0 Å². The Kier molecular flexibility index (Phi) is 7.11. The molecule has 1 unspecified atom stereocenters. The molecule has 3 aromatic rings. The Morgan fingerprint density at radius 3 is 2.23 bits per heavy atom. The Labute approximate surface area is 225 Å². The number of carbonyl (C=O) groups is 2. The van der Waals surface area contributed by atoms with Gasteiger partial charge < -0.3 is 5.11 Å². The number of aliphatic hydroxyl groups is 1. The van der Waals surface area contributed by atoms with Crippen LogP contribution in [0.25, 0.3) is 10.9 Å². The fourth-order valence-corrected chi connectivity index (χ4v) is 5.39. The second kappa shape index (κ2) is 10.2. The summed E-state index contributed by atoms with van der Waals surface area (Å²) in [7, 11) is 0. The van der Waals surface area contributed by atoms with Crippen molar-refractivity contribution in [3.8, 4) is 0 Å². The van der Waals surface area contributed by atoms with Gasteiger partial charge in [0.25, 0.3) is 0 Å². The molecule has 2 aliphatic rings. The van der Waals surface area contributed by atoms with E-state index in [1.807, 2.05) is 4.90 Å². The van der Waals surface area contributed by atoms with Gasteiger partial charge in [-0.1, -0.05) is 18.2 Å². The molecule has 2 N–H and O–H groups in total. The lowest BCUT2D eigenvalue weighted by Crippen LogP contribution is -2.42. The van der Waals surface area contributed by atoms with Gasteiger partial charge in [-0.05, 0) is 66.3 Å². The lowest BCUT2D eigenvalue weighted by atomic mass is 9.83. The summed E-state index contributed by atoms with van der Waals surface area (Å²) in [4.78, 5) is 29.7. The molecule has 2 amide bonds. The predicted molar refractivity (Wildman–Crippen MR) is 132 cm³/mol. The van der Waals surface area contributed by atoms with Crippen LogP contribution in [0.3, 0.4) is 0 Å². The standard InChI is InChI=1S/C28H25F6N3O3/c29-27(30,31)18-3-1-16(2-4-18)15-37-11-9-26(40,10-12-37)19-5-7-22-17(13-19)14-21(24(35-22)28(32,33)34)20-6-8-23(38)36-25(20)39/h1-5,7,13-14,20,40H,6,8-12,15H2,(H,36,38,39). The van der Waals surface area contributed by atoms with E-state index in [0.29, 0.717) is 49.0 Å². The van der Waals surface area contributed by atoms with E-state index in [-0.39, 0.29) is 23.9 Å². The lowest BCUT2D eigenvalue weighted by Gasteiger charge is -2.38. The van der Waals surface area contributed by atoms with Crippen LogP contribution in [0.1, 0.15) is 59.5 Å². The summed E-state index contributed by atoms with van der Waals surface area (Å²) in [5, 5.41) is 13.8. The van der Waals surface area contributed by atoms with E-state index in [0.717, 1.165) is 12.1 Å². The molecule has 0 bridgehead atoms. The number of hydrogen-bond acceptors (Lipinski definition) is 5. The van der Waals surface area contributed by atoms with Crippen molar-refractivity contribution in [2.24, 2.45) is 0 Å². The number of hydrogen-bond donors (Lipinski definition) is 2. The van der Waals surface area contributed by atoms with Crippen LogP contribution in [-0.2, 0) is 34.1 Å². The molecule has 0 spiro atoms. The van der Waals surface area contributed by atoms with Gasteiger partial charge in [0.15, 0.2) is 0 Å². The van der Waals surface area contributed by atoms with Crippen LogP contribution in [0.4, 0.5) is 26.3 Å². The second-order valence-electron chi connectivity index (χ2n) is 10.3. The number of carbonyl (C=O) groups excluding carboxylic acids is 2. The van der Waals surface area contributed by atoms with Crippen LogP contribution in [-0.4, -0.2) is 39.9 Å². The summed E-state index contributed by atoms with van der Waals surface area (Å²) < 4.78 is 80.1. The summed E-state index contributed by atoms with van der Waals surface area (Å²) >= 11 is 0. The summed E-state index contributed by atoms with van der Waals surface area (Å²) in [6.45, 7) is 1.30. The molecular formula is C28H25F6N3O3. The zero-order chi connectivity index (χ0) is 28.9. The molecule has 3 heterocycles. The van der Waals surface area contributed by atoms with E-state index < -0.39 is 46.9 Å². The highest BCUT2D eigenvalue weighted by atomic mass is 19.4. The van der Waals surface area contributed by atoms with Crippen molar-refractivity contribution < 1.29 is 41.0 Å². The van der Waals surface area contributed by atoms with Gasteiger partial charge in [0.2, 0.25) is 11.8 Å². The maximum atomic E-state index is 13.9. The van der Waals surface area contributed by atoms with Gasteiger partial charge in [-0.25, -0.2) is 4.98 Å². The maximum absolute atomic E-state index is 13.9. The number of pyridine rings is 1. The number of amides is 2. The van der Waals surface area contributed by atoms with Gasteiger partial charge in [-0.2, -0.15) is 26.3 Å². The fraction of sp³-hybridized carbons (Fsp3) is 0.393. The van der Waals surface area contributed by atoms with Crippen LogP contribution in [0.15, 0.2) is 48.5 Å². The van der Waals surface area contributed by atoms with Crippen molar-refractivity contribution in [1.82, 2.24) is 15.2 Å². The average molecular weight is 566 g/mol. The quantitative estimate of drug-likeness (QED) is 0.333. The third-order valence-electron chi connectivity index (χ3n) is 7.64. The van der Waals surface area contributed by atoms with Crippen molar-refractivity contribution in [3.05, 3.63) is 76.5 Å². The third-order valence-corrected chi connectivity index (χ3v) is 7.64. The monoisotopic (exact) mass is 565 g/mol. The number of piperidine rings is 2. The Morgan fingerprint density at radius 1 is 0.950 bits per heavy atom. The largest absolute Gasteiger partial charge is 0.433 e. The number of halogens is 6. The zero-order valence-corrected chi connectivity index (χ0v) is 21.1. The van der Waals surface area contributed by atoms with E-state index in [1.165, 1.54) is 30.3 Å². The topological polar surface area (TPSA) is 82.5 Å². The van der Waals surface area contributed by atoms with Gasteiger partial charge in [0.05, 0.1) is 22.6 Å². The summed E-state index contributed by atoms with van der Waals surface area (Å²) in [5.41, 5.74) is -2.25. The Balaban J connectivity index is 1.36. The van der Waals surface area contributed by atoms with Crippen LogP contribution in [0, 0.1) is 0 Å². The molecule has 2 fully saturated rings. The van der Waals surface area contributed by atoms with E-state index in [2.05, 4.69) is 10.3 Å². The van der Waals surface area contributed by atoms with Crippen LogP contribution in [0.5, 0.6) is 0 Å². The number of alkyl halides is 6. The molecule has 6 nitrogen and oxygen atoms in total. The lowest BCUT2D eigenvalue weighted by molar-refractivity contribution is -0.142. The van der Waals surface area contributed by atoms with Gasteiger partial charge >= 0.3 is 12.4 Å². The minimum absolute atomic E-state index is 0.0514. The zero-order valence-electron chi connectivity index (χ0n) is 21.1. The number of likely N-dealkylation sites (tertiary alicyclic amines) is 1. The van der Waals surface area contributed by atoms with Crippen LogP contribution in [0.2, 0.25) is 0 Å². The molecule has 0 aliphatic carbocycles. The van der Waals surface area contributed by atoms with Crippen LogP contribution < -0.4 is 5.32 Å². The number of fused-ring (bicyclic) bond motifs is 1. The molecule has 212 valence electrons. The number of rotatable bonds is 4. The molecule has 40 heavy (non-hydrogen) atoms. The SMILES string of the molecule is O=C1CCC(c2cc3cc(C4(O)CCN(Cc5ccc(C(F)(F)F)cc5)CC4)ccc3nc2C(F)(F)F)C(=O)N1. The minimum Gasteiger partial charge on any atom is -0.385 e. The fourth-order valence-electron chi connectivity index (χ4n) is 5.39. The predicted octanol–water partition coefficient (Wildman–Crippen LogP) is 5.28. The summed E-state index contributed by atoms with van der Waals surface area (Å²) in [6.07, 6.45) is -8.79. The first-order valence-electron chi connectivity index (χ1n) is 12.7. The average Bonchev–Trinajstić information content (AvgIpc) is 2.88. The molecule has 2 aromatic carbocycles. The smallest absolute Gasteiger partial charge is 0.385 e. The van der Waals surface area contributed by atoms with Crippen molar-refractivity contribution in [1.29, 1.82) is 0 Å². The van der Waals surface area contributed by atoms with Crippen molar-refractivity contribution in [2.45, 2.75) is 56.1 Å². The molecule has 1 atom stereocenters. The number of nitrogens with zero attached hydrogens (tertiary/aromatic N) is 2. The first-order valence-corrected chi connectivity index (χ1v) is 12.7. The summed E-state index contributed by atoms with van der Waals surface area (Å²) in [6, 6.07) is 10.7. The number of imide groups is 1. The first kappa shape index (κ1) is 28.0. The molecule has 2 aliphatic heterocycles. The van der Waals surface area contributed by atoms with Crippen molar-refractivity contribution >= 4 is 22.7 Å². The van der Waals surface area contributed by atoms with E-state index >= 15 is 0 Å². The molecule has 0 radical (unpaired) electrons. The maximum Gasteiger partial charge on any atom is 0.433 e. The Morgan fingerprint density at radius 2 is 1.62 bits per heavy atom. The highest BCUT2D eigenvalue weighted by Crippen LogP contribution is 2.40. The summed E-state index contributed by atoms with van der Waals surface area (Å²) in [5.74, 6) is -2.54. The highest BCUT2D eigenvalue weighted by Gasteiger charge is 2.41. The minimum atomic E-state index is -4.82. The number of benzene rings is 2. The normalized spacial score (nSPS) is 20.5. The van der Waals surface area contributed by atoms with E-state index in [1.54, 1.807) is 6.07 Å². The van der Waals surface area contributed by atoms with Crippen molar-refractivity contribution in [3.63, 3.8) is 0 Å².